The summed E-state index contributed by atoms with van der Waals surface area (Å²) in [5.74, 6) is 0.180. The molecule has 0 saturated carbocycles. The Morgan fingerprint density at radius 3 is 2.53 bits per heavy atom. The van der Waals surface area contributed by atoms with Crippen molar-refractivity contribution in [3.63, 3.8) is 0 Å². The fraction of sp³-hybridized carbons (Fsp3) is 0.857. The van der Waals surface area contributed by atoms with Gasteiger partial charge in [0.1, 0.15) is 0 Å². The quantitative estimate of drug-likeness (QED) is 0.747. The number of likely N-dealkylation sites (tertiary alicyclic amines) is 1. The predicted octanol–water partition coefficient (Wildman–Crippen LogP) is 0.552. The molecular formula is C14H25N3O2. The first kappa shape index (κ1) is 14.3. The van der Waals surface area contributed by atoms with Crippen LogP contribution in [0.2, 0.25) is 0 Å². The third kappa shape index (κ3) is 3.69. The Bertz CT molecular complexity index is 340. The van der Waals surface area contributed by atoms with Gasteiger partial charge in [-0.05, 0) is 39.3 Å². The number of hydrogen-bond donors (Lipinski definition) is 0. The van der Waals surface area contributed by atoms with Crippen LogP contribution in [0.1, 0.15) is 32.6 Å². The molecule has 2 aliphatic rings. The highest BCUT2D eigenvalue weighted by Crippen LogP contribution is 2.15. The SMILES string of the molecule is C[C@@H](CCC(=O)N1CCN(C)C(=O)C1)N1CCCC1. The molecule has 0 aliphatic carbocycles. The molecule has 0 aromatic carbocycles. The number of likely N-dealkylation sites (N-methyl/N-ethyl adjacent to an activating group) is 1. The standard InChI is InChI=1S/C14H25N3O2/c1-12(16-7-3-4-8-16)5-6-13(18)17-10-9-15(2)14(19)11-17/h12H,3-11H2,1-2H3/t12-/m0/s1. The second kappa shape index (κ2) is 6.37. The second-order valence-electron chi connectivity index (χ2n) is 5.76. The van der Waals surface area contributed by atoms with E-state index < -0.39 is 0 Å². The molecule has 2 rings (SSSR count). The highest BCUT2D eigenvalue weighted by atomic mass is 16.2. The lowest BCUT2D eigenvalue weighted by molar-refractivity contribution is -0.144. The topological polar surface area (TPSA) is 43.9 Å². The van der Waals surface area contributed by atoms with Gasteiger partial charge in [0.2, 0.25) is 11.8 Å². The number of amides is 2. The summed E-state index contributed by atoms with van der Waals surface area (Å²) in [6, 6.07) is 0.481. The van der Waals surface area contributed by atoms with Gasteiger partial charge >= 0.3 is 0 Å². The summed E-state index contributed by atoms with van der Waals surface area (Å²) >= 11 is 0. The third-order valence-corrected chi connectivity index (χ3v) is 4.35. The summed E-state index contributed by atoms with van der Waals surface area (Å²) < 4.78 is 0. The lowest BCUT2D eigenvalue weighted by Crippen LogP contribution is -2.50. The summed E-state index contributed by atoms with van der Waals surface area (Å²) in [5.41, 5.74) is 0. The van der Waals surface area contributed by atoms with Crippen molar-refractivity contribution in [1.29, 1.82) is 0 Å². The van der Waals surface area contributed by atoms with Crippen molar-refractivity contribution in [3.8, 4) is 0 Å². The molecule has 2 saturated heterocycles. The van der Waals surface area contributed by atoms with Crippen molar-refractivity contribution in [2.75, 3.05) is 39.8 Å². The summed E-state index contributed by atoms with van der Waals surface area (Å²) in [5, 5.41) is 0. The normalized spacial score (nSPS) is 22.9. The number of piperazine rings is 1. The van der Waals surface area contributed by atoms with Gasteiger partial charge in [-0.2, -0.15) is 0 Å². The molecule has 2 heterocycles. The summed E-state index contributed by atoms with van der Waals surface area (Å²) in [4.78, 5) is 29.5. The lowest BCUT2D eigenvalue weighted by Gasteiger charge is -2.32. The number of carbonyl (C=O) groups is 2. The van der Waals surface area contributed by atoms with Gasteiger partial charge in [0.25, 0.3) is 0 Å². The minimum absolute atomic E-state index is 0.0483. The molecule has 0 radical (unpaired) electrons. The van der Waals surface area contributed by atoms with Crippen molar-refractivity contribution in [2.45, 2.75) is 38.6 Å². The number of nitrogens with zero attached hydrogens (tertiary/aromatic N) is 3. The van der Waals surface area contributed by atoms with Crippen molar-refractivity contribution in [2.24, 2.45) is 0 Å². The third-order valence-electron chi connectivity index (χ3n) is 4.35. The van der Waals surface area contributed by atoms with Gasteiger partial charge in [0.15, 0.2) is 0 Å². The fourth-order valence-corrected chi connectivity index (χ4v) is 2.83. The van der Waals surface area contributed by atoms with Crippen LogP contribution >= 0.6 is 0 Å². The maximum atomic E-state index is 12.1. The molecule has 0 unspecified atom stereocenters. The minimum atomic E-state index is 0.0483. The van der Waals surface area contributed by atoms with E-state index in [1.807, 2.05) is 0 Å². The van der Waals surface area contributed by atoms with Gasteiger partial charge in [-0.25, -0.2) is 0 Å². The van der Waals surface area contributed by atoms with Gasteiger partial charge < -0.3 is 14.7 Å². The molecule has 0 bridgehead atoms. The fourth-order valence-electron chi connectivity index (χ4n) is 2.83. The zero-order valence-electron chi connectivity index (χ0n) is 12.1. The van der Waals surface area contributed by atoms with E-state index in [0.29, 0.717) is 25.6 Å². The Morgan fingerprint density at radius 1 is 1.21 bits per heavy atom. The van der Waals surface area contributed by atoms with Gasteiger partial charge in [-0.1, -0.05) is 0 Å². The van der Waals surface area contributed by atoms with Crippen molar-refractivity contribution >= 4 is 11.8 Å². The van der Waals surface area contributed by atoms with E-state index in [1.165, 1.54) is 25.9 Å². The van der Waals surface area contributed by atoms with E-state index in [0.717, 1.165) is 6.42 Å². The monoisotopic (exact) mass is 267 g/mol. The minimum Gasteiger partial charge on any atom is -0.342 e. The van der Waals surface area contributed by atoms with E-state index in [4.69, 9.17) is 0 Å². The lowest BCUT2D eigenvalue weighted by atomic mass is 10.1. The van der Waals surface area contributed by atoms with Crippen molar-refractivity contribution in [1.82, 2.24) is 14.7 Å². The molecule has 5 heteroatoms. The van der Waals surface area contributed by atoms with Crippen LogP contribution in [0.25, 0.3) is 0 Å². The number of rotatable bonds is 4. The Kier molecular flexibility index (Phi) is 4.80. The number of carbonyl (C=O) groups excluding carboxylic acids is 2. The van der Waals surface area contributed by atoms with E-state index in [2.05, 4.69) is 11.8 Å². The van der Waals surface area contributed by atoms with Crippen LogP contribution in [0.3, 0.4) is 0 Å². The first-order valence-electron chi connectivity index (χ1n) is 7.33. The van der Waals surface area contributed by atoms with Crippen LogP contribution < -0.4 is 0 Å². The van der Waals surface area contributed by atoms with Gasteiger partial charge in [-0.15, -0.1) is 0 Å². The van der Waals surface area contributed by atoms with Gasteiger partial charge in [0.05, 0.1) is 6.54 Å². The highest BCUT2D eigenvalue weighted by Gasteiger charge is 2.25. The summed E-state index contributed by atoms with van der Waals surface area (Å²) in [7, 11) is 1.79. The van der Waals surface area contributed by atoms with E-state index in [-0.39, 0.29) is 18.4 Å². The molecule has 108 valence electrons. The van der Waals surface area contributed by atoms with Crippen LogP contribution in [0.4, 0.5) is 0 Å². The molecule has 0 aromatic heterocycles. The Hall–Kier alpha value is -1.10. The predicted molar refractivity (Wildman–Crippen MR) is 73.7 cm³/mol. The Morgan fingerprint density at radius 2 is 1.89 bits per heavy atom. The molecule has 2 amide bonds. The maximum absolute atomic E-state index is 12.1. The average Bonchev–Trinajstić information content (AvgIpc) is 2.92. The summed E-state index contributed by atoms with van der Waals surface area (Å²) in [6.07, 6.45) is 4.03. The highest BCUT2D eigenvalue weighted by molar-refractivity contribution is 5.85. The molecule has 0 aromatic rings. The molecule has 5 nitrogen and oxygen atoms in total. The zero-order valence-corrected chi connectivity index (χ0v) is 12.1. The molecular weight excluding hydrogens is 242 g/mol. The van der Waals surface area contributed by atoms with Gasteiger partial charge in [-0.3, -0.25) is 9.59 Å². The van der Waals surface area contributed by atoms with E-state index >= 15 is 0 Å². The first-order valence-corrected chi connectivity index (χ1v) is 7.33. The van der Waals surface area contributed by atoms with Crippen LogP contribution in [0, 0.1) is 0 Å². The van der Waals surface area contributed by atoms with E-state index in [1.54, 1.807) is 16.8 Å². The average molecular weight is 267 g/mol. The molecule has 1 atom stereocenters. The maximum Gasteiger partial charge on any atom is 0.241 e. The van der Waals surface area contributed by atoms with Crippen molar-refractivity contribution < 1.29 is 9.59 Å². The second-order valence-corrected chi connectivity index (χ2v) is 5.76. The first-order chi connectivity index (χ1) is 9.08. The van der Waals surface area contributed by atoms with Gasteiger partial charge in [0, 0.05) is 32.6 Å². The Balaban J connectivity index is 1.73. The molecule has 2 aliphatic heterocycles. The van der Waals surface area contributed by atoms with Crippen LogP contribution in [0.5, 0.6) is 0 Å². The van der Waals surface area contributed by atoms with Crippen LogP contribution in [-0.4, -0.2) is 72.3 Å². The van der Waals surface area contributed by atoms with Crippen LogP contribution in [0.15, 0.2) is 0 Å². The Labute approximate surface area is 115 Å². The zero-order chi connectivity index (χ0) is 13.8. The molecule has 19 heavy (non-hydrogen) atoms. The number of hydrogen-bond acceptors (Lipinski definition) is 3. The summed E-state index contributed by atoms with van der Waals surface area (Å²) in [6.45, 7) is 6.14. The van der Waals surface area contributed by atoms with E-state index in [9.17, 15) is 9.59 Å². The molecule has 0 N–H and O–H groups in total. The largest absolute Gasteiger partial charge is 0.342 e. The smallest absolute Gasteiger partial charge is 0.241 e. The van der Waals surface area contributed by atoms with Crippen molar-refractivity contribution in [3.05, 3.63) is 0 Å². The molecule has 2 fully saturated rings. The van der Waals surface area contributed by atoms with Crippen LogP contribution in [-0.2, 0) is 9.59 Å². The molecule has 0 spiro atoms.